The topological polar surface area (TPSA) is 42.7 Å². The van der Waals surface area contributed by atoms with Gasteiger partial charge < -0.3 is 5.32 Å². The van der Waals surface area contributed by atoms with Crippen LogP contribution < -0.4 is 5.32 Å². The maximum Gasteiger partial charge on any atom is 0.146 e. The molecule has 0 spiro atoms. The average Bonchev–Trinajstić information content (AvgIpc) is 2.79. The van der Waals surface area contributed by atoms with Gasteiger partial charge in [0.25, 0.3) is 0 Å². The highest BCUT2D eigenvalue weighted by atomic mass is 35.5. The van der Waals surface area contributed by atoms with Crippen molar-refractivity contribution in [2.24, 2.45) is 0 Å². The minimum absolute atomic E-state index is 0.0158. The Balaban J connectivity index is 2.14. The van der Waals surface area contributed by atoms with Crippen molar-refractivity contribution in [1.82, 2.24) is 20.1 Å². The van der Waals surface area contributed by atoms with Gasteiger partial charge in [-0.3, -0.25) is 0 Å². The fourth-order valence-corrected chi connectivity index (χ4v) is 1.93. The number of nitrogens with one attached hydrogen (secondary N) is 1. The lowest BCUT2D eigenvalue weighted by molar-refractivity contribution is 0.409. The highest BCUT2D eigenvalue weighted by Crippen LogP contribution is 2.18. The molecule has 0 aliphatic rings. The van der Waals surface area contributed by atoms with E-state index in [2.05, 4.69) is 36.2 Å². The van der Waals surface area contributed by atoms with Crippen LogP contribution in [0.5, 0.6) is 0 Å². The first kappa shape index (κ1) is 14.9. The molecule has 0 bridgehead atoms. The van der Waals surface area contributed by atoms with Crippen molar-refractivity contribution in [1.29, 1.82) is 0 Å². The van der Waals surface area contributed by atoms with E-state index in [9.17, 15) is 4.39 Å². The van der Waals surface area contributed by atoms with E-state index in [1.165, 1.54) is 12.4 Å². The van der Waals surface area contributed by atoms with Gasteiger partial charge in [-0.15, -0.1) is 0 Å². The standard InChI is InChI=1S/C14H18ClFN4/c1-14(2,3)18-7-12-17-9-19-20(12)8-10-5-4-6-11(15)13(10)16/h4-6,9,18H,7-8H2,1-3H3. The van der Waals surface area contributed by atoms with E-state index >= 15 is 0 Å². The van der Waals surface area contributed by atoms with Gasteiger partial charge in [0.2, 0.25) is 0 Å². The summed E-state index contributed by atoms with van der Waals surface area (Å²) in [5.41, 5.74) is 0.484. The molecule has 0 aliphatic heterocycles. The summed E-state index contributed by atoms with van der Waals surface area (Å²) in [6, 6.07) is 4.96. The third-order valence-electron chi connectivity index (χ3n) is 2.82. The van der Waals surface area contributed by atoms with E-state index in [1.807, 2.05) is 0 Å². The zero-order chi connectivity index (χ0) is 14.8. The highest BCUT2D eigenvalue weighted by molar-refractivity contribution is 6.30. The van der Waals surface area contributed by atoms with Crippen LogP contribution in [0.15, 0.2) is 24.5 Å². The van der Waals surface area contributed by atoms with Crippen molar-refractivity contribution in [2.45, 2.75) is 39.4 Å². The minimum Gasteiger partial charge on any atom is -0.305 e. The Kier molecular flexibility index (Phi) is 4.40. The molecule has 2 rings (SSSR count). The second-order valence-corrected chi connectivity index (χ2v) is 6.06. The number of aromatic nitrogens is 3. The number of hydrogen-bond acceptors (Lipinski definition) is 3. The molecule has 0 unspecified atom stereocenters. The molecule has 1 N–H and O–H groups in total. The molecular formula is C14H18ClFN4. The Labute approximate surface area is 123 Å². The molecule has 20 heavy (non-hydrogen) atoms. The summed E-state index contributed by atoms with van der Waals surface area (Å²) in [5, 5.41) is 7.59. The molecule has 1 aromatic heterocycles. The molecule has 0 saturated carbocycles. The van der Waals surface area contributed by atoms with E-state index in [0.717, 1.165) is 5.82 Å². The quantitative estimate of drug-likeness (QED) is 0.943. The SMILES string of the molecule is CC(C)(C)NCc1ncnn1Cc1cccc(Cl)c1F. The molecule has 2 aromatic rings. The zero-order valence-electron chi connectivity index (χ0n) is 11.8. The van der Waals surface area contributed by atoms with Gasteiger partial charge in [0.05, 0.1) is 18.1 Å². The minimum atomic E-state index is -0.403. The van der Waals surface area contributed by atoms with E-state index < -0.39 is 5.82 Å². The molecule has 1 heterocycles. The van der Waals surface area contributed by atoms with Crippen LogP contribution in [0.1, 0.15) is 32.2 Å². The Bertz CT molecular complexity index is 589. The van der Waals surface area contributed by atoms with Gasteiger partial charge >= 0.3 is 0 Å². The summed E-state index contributed by atoms with van der Waals surface area (Å²) >= 11 is 5.78. The first-order valence-corrected chi connectivity index (χ1v) is 6.79. The van der Waals surface area contributed by atoms with Crippen molar-refractivity contribution in [3.05, 3.63) is 46.8 Å². The van der Waals surface area contributed by atoms with Crippen LogP contribution >= 0.6 is 11.6 Å². The van der Waals surface area contributed by atoms with Crippen LogP contribution in [0.3, 0.4) is 0 Å². The van der Waals surface area contributed by atoms with E-state index in [0.29, 0.717) is 18.7 Å². The maximum absolute atomic E-state index is 13.9. The molecule has 0 aliphatic carbocycles. The van der Waals surface area contributed by atoms with Gasteiger partial charge in [-0.1, -0.05) is 23.7 Å². The van der Waals surface area contributed by atoms with Crippen molar-refractivity contribution in [3.63, 3.8) is 0 Å². The van der Waals surface area contributed by atoms with Crippen molar-refractivity contribution in [3.8, 4) is 0 Å². The molecule has 0 radical (unpaired) electrons. The van der Waals surface area contributed by atoms with Crippen LogP contribution in [0.4, 0.5) is 4.39 Å². The molecule has 4 nitrogen and oxygen atoms in total. The Hall–Kier alpha value is -1.46. The van der Waals surface area contributed by atoms with Gasteiger partial charge in [-0.05, 0) is 26.8 Å². The van der Waals surface area contributed by atoms with Crippen LogP contribution in [-0.2, 0) is 13.1 Å². The Morgan fingerprint density at radius 2 is 2.10 bits per heavy atom. The molecule has 6 heteroatoms. The van der Waals surface area contributed by atoms with Crippen molar-refractivity contribution in [2.75, 3.05) is 0 Å². The Morgan fingerprint density at radius 1 is 1.35 bits per heavy atom. The number of hydrogen-bond donors (Lipinski definition) is 1. The molecule has 0 saturated heterocycles. The van der Waals surface area contributed by atoms with Crippen molar-refractivity contribution >= 4 is 11.6 Å². The zero-order valence-corrected chi connectivity index (χ0v) is 12.6. The fraction of sp³-hybridized carbons (Fsp3) is 0.429. The van der Waals surface area contributed by atoms with E-state index in [-0.39, 0.29) is 10.6 Å². The van der Waals surface area contributed by atoms with Gasteiger partial charge in [0, 0.05) is 11.1 Å². The van der Waals surface area contributed by atoms with Crippen LogP contribution in [-0.4, -0.2) is 20.3 Å². The molecule has 1 aromatic carbocycles. The number of nitrogens with zero attached hydrogens (tertiary/aromatic N) is 3. The predicted molar refractivity (Wildman–Crippen MR) is 77.1 cm³/mol. The predicted octanol–water partition coefficient (Wildman–Crippen LogP) is 3.01. The Morgan fingerprint density at radius 3 is 2.80 bits per heavy atom. The van der Waals surface area contributed by atoms with Gasteiger partial charge in [0.1, 0.15) is 18.0 Å². The first-order valence-electron chi connectivity index (χ1n) is 6.41. The molecular weight excluding hydrogens is 279 g/mol. The lowest BCUT2D eigenvalue weighted by Gasteiger charge is -2.20. The van der Waals surface area contributed by atoms with Gasteiger partial charge in [0.15, 0.2) is 0 Å². The second-order valence-electron chi connectivity index (χ2n) is 5.65. The number of rotatable bonds is 4. The lowest BCUT2D eigenvalue weighted by atomic mass is 10.1. The summed E-state index contributed by atoms with van der Waals surface area (Å²) in [7, 11) is 0. The molecule has 0 atom stereocenters. The fourth-order valence-electron chi connectivity index (χ4n) is 1.73. The summed E-state index contributed by atoms with van der Waals surface area (Å²) in [5.74, 6) is 0.360. The number of halogens is 2. The smallest absolute Gasteiger partial charge is 0.146 e. The third kappa shape index (κ3) is 3.77. The van der Waals surface area contributed by atoms with Gasteiger partial charge in [-0.25, -0.2) is 14.1 Å². The first-order chi connectivity index (χ1) is 9.37. The highest BCUT2D eigenvalue weighted by Gasteiger charge is 2.13. The van der Waals surface area contributed by atoms with E-state index in [4.69, 9.17) is 11.6 Å². The normalized spacial score (nSPS) is 11.8. The average molecular weight is 297 g/mol. The molecule has 108 valence electrons. The summed E-state index contributed by atoms with van der Waals surface area (Å²) < 4.78 is 15.6. The number of benzene rings is 1. The second kappa shape index (κ2) is 5.89. The maximum atomic E-state index is 13.9. The molecule has 0 fully saturated rings. The van der Waals surface area contributed by atoms with E-state index in [1.54, 1.807) is 16.8 Å². The lowest BCUT2D eigenvalue weighted by Crippen LogP contribution is -2.36. The summed E-state index contributed by atoms with van der Waals surface area (Å²) in [6.45, 7) is 7.11. The third-order valence-corrected chi connectivity index (χ3v) is 3.12. The van der Waals surface area contributed by atoms with Crippen LogP contribution in [0.25, 0.3) is 0 Å². The van der Waals surface area contributed by atoms with Crippen LogP contribution in [0.2, 0.25) is 5.02 Å². The van der Waals surface area contributed by atoms with Crippen molar-refractivity contribution < 1.29 is 4.39 Å². The molecule has 0 amide bonds. The van der Waals surface area contributed by atoms with Gasteiger partial charge in [-0.2, -0.15) is 5.10 Å². The van der Waals surface area contributed by atoms with Crippen LogP contribution in [0, 0.1) is 5.82 Å². The summed E-state index contributed by atoms with van der Waals surface area (Å²) in [4.78, 5) is 4.20. The monoisotopic (exact) mass is 296 g/mol. The summed E-state index contributed by atoms with van der Waals surface area (Å²) in [6.07, 6.45) is 1.47. The largest absolute Gasteiger partial charge is 0.305 e.